The van der Waals surface area contributed by atoms with Crippen LogP contribution >= 0.6 is 15.9 Å². The van der Waals surface area contributed by atoms with Crippen LogP contribution in [0.15, 0.2) is 82.2 Å². The van der Waals surface area contributed by atoms with E-state index in [2.05, 4.69) is 21.2 Å². The number of para-hydroxylation sites is 2. The third-order valence-electron chi connectivity index (χ3n) is 6.48. The summed E-state index contributed by atoms with van der Waals surface area (Å²) in [5.41, 5.74) is 1.92. The number of amides is 2. The zero-order valence-electron chi connectivity index (χ0n) is 23.3. The van der Waals surface area contributed by atoms with Crippen molar-refractivity contribution in [2.75, 3.05) is 24.5 Å². The lowest BCUT2D eigenvalue weighted by molar-refractivity contribution is -0.139. The van der Waals surface area contributed by atoms with E-state index < -0.39 is 28.5 Å². The van der Waals surface area contributed by atoms with Crippen LogP contribution < -0.4 is 14.4 Å². The predicted octanol–water partition coefficient (Wildman–Crippen LogP) is 5.30. The molecule has 1 N–H and O–H groups in total. The maximum atomic E-state index is 14.0. The van der Waals surface area contributed by atoms with Crippen molar-refractivity contribution in [2.24, 2.45) is 0 Å². The summed E-state index contributed by atoms with van der Waals surface area (Å²) in [5, 5.41) is 2.89. The van der Waals surface area contributed by atoms with Crippen LogP contribution in [-0.4, -0.2) is 51.4 Å². The van der Waals surface area contributed by atoms with Crippen LogP contribution in [-0.2, 0) is 26.2 Å². The molecular formula is C30H36BrN3O5S. The molecule has 0 unspecified atom stereocenters. The van der Waals surface area contributed by atoms with Gasteiger partial charge in [-0.2, -0.15) is 0 Å². The number of hydrogen-bond acceptors (Lipinski definition) is 5. The Labute approximate surface area is 245 Å². The number of benzene rings is 3. The average Bonchev–Trinajstić information content (AvgIpc) is 2.94. The van der Waals surface area contributed by atoms with Gasteiger partial charge in [-0.3, -0.25) is 13.9 Å². The van der Waals surface area contributed by atoms with Gasteiger partial charge in [0.15, 0.2) is 0 Å². The number of halogens is 1. The van der Waals surface area contributed by atoms with Crippen LogP contribution in [0, 0.1) is 6.92 Å². The van der Waals surface area contributed by atoms with Gasteiger partial charge in [0.25, 0.3) is 10.0 Å². The molecule has 0 radical (unpaired) electrons. The quantitative estimate of drug-likeness (QED) is 0.259. The molecule has 3 aromatic rings. The van der Waals surface area contributed by atoms with Crippen LogP contribution in [0.3, 0.4) is 0 Å². The molecule has 0 aliphatic carbocycles. The smallest absolute Gasteiger partial charge is 0.264 e. The van der Waals surface area contributed by atoms with Crippen molar-refractivity contribution in [2.45, 2.75) is 51.1 Å². The maximum Gasteiger partial charge on any atom is 0.264 e. The summed E-state index contributed by atoms with van der Waals surface area (Å²) < 4.78 is 35.3. The second kappa shape index (κ2) is 14.3. The topological polar surface area (TPSA) is 96.0 Å². The van der Waals surface area contributed by atoms with E-state index in [-0.39, 0.29) is 23.0 Å². The zero-order valence-corrected chi connectivity index (χ0v) is 25.7. The lowest BCUT2D eigenvalue weighted by atomic mass is 10.1. The minimum absolute atomic E-state index is 0.0423. The molecule has 3 aromatic carbocycles. The van der Waals surface area contributed by atoms with Gasteiger partial charge in [0.05, 0.1) is 17.7 Å². The Kier molecular flexibility index (Phi) is 11.2. The molecule has 40 heavy (non-hydrogen) atoms. The molecule has 0 aliphatic heterocycles. The molecule has 0 aliphatic rings. The lowest BCUT2D eigenvalue weighted by Gasteiger charge is -2.32. The van der Waals surface area contributed by atoms with Crippen molar-refractivity contribution in [3.63, 3.8) is 0 Å². The van der Waals surface area contributed by atoms with Gasteiger partial charge in [-0.1, -0.05) is 71.2 Å². The number of methoxy groups -OCH3 is 1. The highest BCUT2D eigenvalue weighted by Crippen LogP contribution is 2.32. The normalized spacial score (nSPS) is 11.9. The minimum Gasteiger partial charge on any atom is -0.495 e. The Morgan fingerprint density at radius 1 is 1.02 bits per heavy atom. The first-order valence-corrected chi connectivity index (χ1v) is 15.4. The monoisotopic (exact) mass is 629 g/mol. The molecule has 3 rings (SSSR count). The van der Waals surface area contributed by atoms with E-state index in [4.69, 9.17) is 4.74 Å². The standard InChI is InChI=1S/C30H36BrN3O5S/c1-5-6-18-32-30(36)23(3)33(20-24-10-9-11-25(31)19-24)29(35)21-34(27-12-7-8-13-28(27)39-4)40(37,38)26-16-14-22(2)15-17-26/h7-17,19,23H,5-6,18,20-21H2,1-4H3,(H,32,36)/t23-/m0/s1. The zero-order chi connectivity index (χ0) is 29.3. The lowest BCUT2D eigenvalue weighted by Crippen LogP contribution is -2.51. The fourth-order valence-electron chi connectivity index (χ4n) is 4.14. The van der Waals surface area contributed by atoms with Gasteiger partial charge in [0.1, 0.15) is 18.3 Å². The molecule has 0 saturated carbocycles. The van der Waals surface area contributed by atoms with Gasteiger partial charge in [-0.15, -0.1) is 0 Å². The van der Waals surface area contributed by atoms with E-state index in [0.717, 1.165) is 32.7 Å². The van der Waals surface area contributed by atoms with E-state index in [0.29, 0.717) is 12.3 Å². The third kappa shape index (κ3) is 7.85. The molecule has 0 heterocycles. The highest BCUT2D eigenvalue weighted by molar-refractivity contribution is 9.10. The number of hydrogen-bond donors (Lipinski definition) is 1. The van der Waals surface area contributed by atoms with Crippen LogP contribution in [0.25, 0.3) is 0 Å². The molecule has 0 aromatic heterocycles. The number of nitrogens with one attached hydrogen (secondary N) is 1. The number of rotatable bonds is 13. The largest absolute Gasteiger partial charge is 0.495 e. The number of unbranched alkanes of at least 4 members (excludes halogenated alkanes) is 1. The highest BCUT2D eigenvalue weighted by atomic mass is 79.9. The molecule has 0 fully saturated rings. The van der Waals surface area contributed by atoms with E-state index in [1.165, 1.54) is 24.1 Å². The van der Waals surface area contributed by atoms with Gasteiger partial charge in [0.2, 0.25) is 11.8 Å². The Bertz CT molecular complexity index is 1410. The van der Waals surface area contributed by atoms with Crippen molar-refractivity contribution in [1.82, 2.24) is 10.2 Å². The van der Waals surface area contributed by atoms with Crippen molar-refractivity contribution < 1.29 is 22.7 Å². The number of carbonyl (C=O) groups excluding carboxylic acids is 2. The second-order valence-electron chi connectivity index (χ2n) is 9.47. The Balaban J connectivity index is 2.04. The fraction of sp³-hybridized carbons (Fsp3) is 0.333. The van der Waals surface area contributed by atoms with Crippen molar-refractivity contribution in [3.05, 3.63) is 88.4 Å². The van der Waals surface area contributed by atoms with E-state index in [1.54, 1.807) is 43.3 Å². The minimum atomic E-state index is -4.18. The molecule has 0 spiro atoms. The van der Waals surface area contributed by atoms with Gasteiger partial charge >= 0.3 is 0 Å². The van der Waals surface area contributed by atoms with Gasteiger partial charge in [-0.05, 0) is 62.2 Å². The third-order valence-corrected chi connectivity index (χ3v) is 8.75. The number of anilines is 1. The number of carbonyl (C=O) groups is 2. The first-order valence-electron chi connectivity index (χ1n) is 13.1. The molecule has 10 heteroatoms. The van der Waals surface area contributed by atoms with Crippen molar-refractivity contribution in [3.8, 4) is 5.75 Å². The number of nitrogens with zero attached hydrogens (tertiary/aromatic N) is 2. The molecule has 1 atom stereocenters. The summed E-state index contributed by atoms with van der Waals surface area (Å²) in [6.07, 6.45) is 1.73. The summed E-state index contributed by atoms with van der Waals surface area (Å²) in [7, 11) is -2.73. The molecule has 214 valence electrons. The second-order valence-corrected chi connectivity index (χ2v) is 12.2. The Morgan fingerprint density at radius 2 is 1.73 bits per heavy atom. The molecule has 0 saturated heterocycles. The first-order chi connectivity index (χ1) is 19.1. The number of aryl methyl sites for hydroxylation is 1. The van der Waals surface area contributed by atoms with Crippen molar-refractivity contribution >= 4 is 43.5 Å². The fourth-order valence-corrected chi connectivity index (χ4v) is 6.01. The SMILES string of the molecule is CCCCNC(=O)[C@H](C)N(Cc1cccc(Br)c1)C(=O)CN(c1ccccc1OC)S(=O)(=O)c1ccc(C)cc1. The van der Waals surface area contributed by atoms with E-state index >= 15 is 0 Å². The van der Waals surface area contributed by atoms with E-state index in [9.17, 15) is 18.0 Å². The summed E-state index contributed by atoms with van der Waals surface area (Å²) in [5.74, 6) is -0.531. The van der Waals surface area contributed by atoms with Gasteiger partial charge in [0, 0.05) is 17.6 Å². The average molecular weight is 631 g/mol. The van der Waals surface area contributed by atoms with Crippen LogP contribution in [0.2, 0.25) is 0 Å². The molecule has 8 nitrogen and oxygen atoms in total. The molecular weight excluding hydrogens is 594 g/mol. The summed E-state index contributed by atoms with van der Waals surface area (Å²) in [6.45, 7) is 5.62. The van der Waals surface area contributed by atoms with Gasteiger partial charge in [-0.25, -0.2) is 8.42 Å². The maximum absolute atomic E-state index is 14.0. The van der Waals surface area contributed by atoms with Crippen LogP contribution in [0.1, 0.15) is 37.8 Å². The molecule has 0 bridgehead atoms. The summed E-state index contributed by atoms with van der Waals surface area (Å²) in [6, 6.07) is 19.7. The Hall–Kier alpha value is -3.37. The molecule has 2 amide bonds. The highest BCUT2D eigenvalue weighted by Gasteiger charge is 2.33. The Morgan fingerprint density at radius 3 is 2.38 bits per heavy atom. The summed E-state index contributed by atoms with van der Waals surface area (Å²) in [4.78, 5) is 28.5. The van der Waals surface area contributed by atoms with Gasteiger partial charge < -0.3 is 15.0 Å². The van der Waals surface area contributed by atoms with Crippen LogP contribution in [0.5, 0.6) is 5.75 Å². The van der Waals surface area contributed by atoms with Crippen molar-refractivity contribution in [1.29, 1.82) is 0 Å². The van der Waals surface area contributed by atoms with Crippen LogP contribution in [0.4, 0.5) is 5.69 Å². The number of ether oxygens (including phenoxy) is 1. The summed E-state index contributed by atoms with van der Waals surface area (Å²) >= 11 is 3.46. The predicted molar refractivity (Wildman–Crippen MR) is 161 cm³/mol. The van der Waals surface area contributed by atoms with E-state index in [1.807, 2.05) is 38.1 Å². The number of sulfonamides is 1. The first kappa shape index (κ1) is 31.2.